The normalized spacial score (nSPS) is 10.2. The van der Waals surface area contributed by atoms with Crippen molar-refractivity contribution in [1.82, 2.24) is 0 Å². The minimum absolute atomic E-state index is 0.0186. The van der Waals surface area contributed by atoms with Gasteiger partial charge in [0.05, 0.1) is 12.0 Å². The molecule has 0 saturated heterocycles. The topological polar surface area (TPSA) is 98.9 Å². The third-order valence-corrected chi connectivity index (χ3v) is 3.31. The van der Waals surface area contributed by atoms with E-state index in [9.17, 15) is 14.9 Å². The van der Waals surface area contributed by atoms with Gasteiger partial charge in [-0.05, 0) is 24.3 Å². The van der Waals surface area contributed by atoms with Crippen LogP contribution in [-0.4, -0.2) is 23.3 Å². The van der Waals surface area contributed by atoms with E-state index in [2.05, 4.69) is 4.74 Å². The molecule has 0 saturated carbocycles. The van der Waals surface area contributed by atoms with Gasteiger partial charge < -0.3 is 14.6 Å². The third kappa shape index (κ3) is 4.10. The highest BCUT2D eigenvalue weighted by Gasteiger charge is 2.16. The van der Waals surface area contributed by atoms with Crippen molar-refractivity contribution in [3.63, 3.8) is 0 Å². The summed E-state index contributed by atoms with van der Waals surface area (Å²) in [7, 11) is 1.48. The summed E-state index contributed by atoms with van der Waals surface area (Å²) in [5.41, 5.74) is 0.816. The number of hydrogen-bond acceptors (Lipinski definition) is 5. The fraction of sp³-hybridized carbons (Fsp3) is 0.133. The van der Waals surface area contributed by atoms with E-state index >= 15 is 0 Å². The van der Waals surface area contributed by atoms with Gasteiger partial charge >= 0.3 is 6.16 Å². The summed E-state index contributed by atoms with van der Waals surface area (Å²) < 4.78 is 9.90. The van der Waals surface area contributed by atoms with E-state index in [1.807, 2.05) is 0 Å². The van der Waals surface area contributed by atoms with Crippen LogP contribution < -0.4 is 9.47 Å². The molecular weight excluding hydrogens is 326 g/mol. The summed E-state index contributed by atoms with van der Waals surface area (Å²) in [6.07, 6.45) is -1.34. The zero-order chi connectivity index (χ0) is 17.0. The molecule has 0 aliphatic carbocycles. The quantitative estimate of drug-likeness (QED) is 0.384. The summed E-state index contributed by atoms with van der Waals surface area (Å²) in [6.45, 7) is 0. The second-order valence-electron chi connectivity index (χ2n) is 4.55. The number of carboxylic acid groups (broad SMARTS) is 1. The first kappa shape index (κ1) is 16.6. The number of rotatable bonds is 5. The van der Waals surface area contributed by atoms with Gasteiger partial charge in [-0.3, -0.25) is 10.1 Å². The second-order valence-corrected chi connectivity index (χ2v) is 4.99. The Bertz CT molecular complexity index is 762. The summed E-state index contributed by atoms with van der Waals surface area (Å²) >= 11 is 5.96. The molecule has 120 valence electrons. The molecule has 0 aliphatic rings. The van der Waals surface area contributed by atoms with Crippen LogP contribution >= 0.6 is 11.6 Å². The van der Waals surface area contributed by atoms with Gasteiger partial charge in [0.25, 0.3) is 5.69 Å². The van der Waals surface area contributed by atoms with Crippen LogP contribution in [0.3, 0.4) is 0 Å². The van der Waals surface area contributed by atoms with Crippen LogP contribution in [0.1, 0.15) is 11.1 Å². The summed E-state index contributed by atoms with van der Waals surface area (Å²) in [4.78, 5) is 21.1. The maximum atomic E-state index is 10.9. The first-order valence-corrected chi connectivity index (χ1v) is 6.79. The van der Waals surface area contributed by atoms with Crippen LogP contribution in [0.2, 0.25) is 5.02 Å². The van der Waals surface area contributed by atoms with Crippen LogP contribution in [0, 0.1) is 10.1 Å². The molecule has 0 amide bonds. The molecule has 8 heteroatoms. The van der Waals surface area contributed by atoms with Gasteiger partial charge in [0.15, 0.2) is 0 Å². The molecule has 0 heterocycles. The van der Waals surface area contributed by atoms with Gasteiger partial charge in [0, 0.05) is 34.7 Å². The first-order chi connectivity index (χ1) is 10.9. The van der Waals surface area contributed by atoms with E-state index in [4.69, 9.17) is 21.4 Å². The lowest BCUT2D eigenvalue weighted by atomic mass is 10.0. The molecule has 0 atom stereocenters. The maximum Gasteiger partial charge on any atom is 0.511 e. The molecule has 2 aromatic rings. The number of non-ortho nitro benzene ring substituents is 1. The average molecular weight is 338 g/mol. The van der Waals surface area contributed by atoms with Gasteiger partial charge in [-0.1, -0.05) is 11.6 Å². The van der Waals surface area contributed by atoms with Crippen molar-refractivity contribution in [2.24, 2.45) is 0 Å². The second kappa shape index (κ2) is 6.97. The van der Waals surface area contributed by atoms with Crippen molar-refractivity contribution < 1.29 is 24.3 Å². The highest BCUT2D eigenvalue weighted by molar-refractivity contribution is 6.30. The molecule has 2 rings (SSSR count). The van der Waals surface area contributed by atoms with Crippen LogP contribution in [0.15, 0.2) is 36.4 Å². The Morgan fingerprint density at radius 3 is 2.48 bits per heavy atom. The maximum absolute atomic E-state index is 10.9. The molecule has 2 aromatic carbocycles. The van der Waals surface area contributed by atoms with Gasteiger partial charge in [0.2, 0.25) is 0 Å². The van der Waals surface area contributed by atoms with E-state index < -0.39 is 11.1 Å². The largest absolute Gasteiger partial charge is 0.511 e. The third-order valence-electron chi connectivity index (χ3n) is 3.08. The summed E-state index contributed by atoms with van der Waals surface area (Å²) in [6, 6.07) is 8.64. The number of nitrogens with zero attached hydrogens (tertiary/aromatic N) is 1. The van der Waals surface area contributed by atoms with E-state index in [1.54, 1.807) is 18.2 Å². The number of hydrogen-bond donors (Lipinski definition) is 1. The lowest BCUT2D eigenvalue weighted by Crippen LogP contribution is -2.06. The fourth-order valence-electron chi connectivity index (χ4n) is 2.10. The van der Waals surface area contributed by atoms with E-state index in [1.165, 1.54) is 25.3 Å². The smallest absolute Gasteiger partial charge is 0.496 e. The molecule has 23 heavy (non-hydrogen) atoms. The molecule has 0 aromatic heterocycles. The first-order valence-electron chi connectivity index (χ1n) is 6.41. The Morgan fingerprint density at radius 2 is 1.87 bits per heavy atom. The van der Waals surface area contributed by atoms with Crippen LogP contribution in [0.5, 0.6) is 11.5 Å². The zero-order valence-electron chi connectivity index (χ0n) is 12.0. The molecule has 1 N–H and O–H groups in total. The summed E-state index contributed by atoms with van der Waals surface area (Å²) in [5, 5.41) is 20.2. The van der Waals surface area contributed by atoms with Crippen molar-refractivity contribution in [2.45, 2.75) is 6.42 Å². The molecule has 0 aliphatic heterocycles. The molecule has 0 fully saturated rings. The number of nitro groups is 1. The van der Waals surface area contributed by atoms with Crippen molar-refractivity contribution in [1.29, 1.82) is 0 Å². The Morgan fingerprint density at radius 1 is 1.22 bits per heavy atom. The Kier molecular flexibility index (Phi) is 5.02. The SMILES string of the molecule is COc1ccc(Cl)cc1Cc1cc([N+](=O)[O-])ccc1OC(=O)O. The molecule has 0 bridgehead atoms. The fourth-order valence-corrected chi connectivity index (χ4v) is 2.30. The highest BCUT2D eigenvalue weighted by atomic mass is 35.5. The predicted molar refractivity (Wildman–Crippen MR) is 82.6 cm³/mol. The number of ether oxygens (including phenoxy) is 2. The predicted octanol–water partition coefficient (Wildman–Crippen LogP) is 3.90. The van der Waals surface area contributed by atoms with Crippen molar-refractivity contribution >= 4 is 23.4 Å². The van der Waals surface area contributed by atoms with E-state index in [0.717, 1.165) is 0 Å². The number of nitro benzene ring substituents is 1. The van der Waals surface area contributed by atoms with E-state index in [-0.39, 0.29) is 17.9 Å². The average Bonchev–Trinajstić information content (AvgIpc) is 2.48. The molecule has 0 radical (unpaired) electrons. The minimum atomic E-state index is -1.50. The van der Waals surface area contributed by atoms with Crippen molar-refractivity contribution in [3.05, 3.63) is 62.7 Å². The van der Waals surface area contributed by atoms with Crippen LogP contribution in [-0.2, 0) is 6.42 Å². The van der Waals surface area contributed by atoms with Gasteiger partial charge in [0.1, 0.15) is 11.5 Å². The number of methoxy groups -OCH3 is 1. The van der Waals surface area contributed by atoms with Crippen molar-refractivity contribution in [3.8, 4) is 11.5 Å². The number of carbonyl (C=O) groups is 1. The van der Waals surface area contributed by atoms with E-state index in [0.29, 0.717) is 21.9 Å². The Balaban J connectivity index is 2.47. The Labute approximate surface area is 136 Å². The molecular formula is C15H12ClNO6. The monoisotopic (exact) mass is 337 g/mol. The van der Waals surface area contributed by atoms with Gasteiger partial charge in [-0.25, -0.2) is 4.79 Å². The Hall–Kier alpha value is -2.80. The van der Waals surface area contributed by atoms with Crippen molar-refractivity contribution in [2.75, 3.05) is 7.11 Å². The minimum Gasteiger partial charge on any atom is -0.496 e. The van der Waals surface area contributed by atoms with Gasteiger partial charge in [-0.2, -0.15) is 0 Å². The number of halogens is 1. The van der Waals surface area contributed by atoms with Crippen LogP contribution in [0.25, 0.3) is 0 Å². The lowest BCUT2D eigenvalue weighted by molar-refractivity contribution is -0.384. The standard InChI is InChI=1S/C15H12ClNO6/c1-22-13-4-2-11(16)7-9(13)6-10-8-12(17(20)21)3-5-14(10)23-15(18)19/h2-5,7-8H,6H2,1H3,(H,18,19). The summed E-state index contributed by atoms with van der Waals surface area (Å²) in [5.74, 6) is 0.548. The lowest BCUT2D eigenvalue weighted by Gasteiger charge is -2.11. The molecule has 0 spiro atoms. The van der Waals surface area contributed by atoms with Gasteiger partial charge in [-0.15, -0.1) is 0 Å². The number of benzene rings is 2. The molecule has 0 unspecified atom stereocenters. The zero-order valence-corrected chi connectivity index (χ0v) is 12.7. The highest BCUT2D eigenvalue weighted by Crippen LogP contribution is 2.31. The molecule has 7 nitrogen and oxygen atoms in total. The van der Waals surface area contributed by atoms with Crippen LogP contribution in [0.4, 0.5) is 10.5 Å².